The third-order valence-electron chi connectivity index (χ3n) is 2.40. The summed E-state index contributed by atoms with van der Waals surface area (Å²) in [6.45, 7) is 3.61. The molecule has 2 N–H and O–H groups in total. The average Bonchev–Trinajstić information content (AvgIpc) is 2.28. The van der Waals surface area contributed by atoms with Crippen LogP contribution in [0, 0.1) is 25.5 Å². The van der Waals surface area contributed by atoms with Crippen LogP contribution in [0.25, 0.3) is 0 Å². The second-order valence-corrected chi connectivity index (χ2v) is 4.83. The van der Waals surface area contributed by atoms with Crippen molar-refractivity contribution in [2.24, 2.45) is 0 Å². The van der Waals surface area contributed by atoms with Gasteiger partial charge in [-0.05, 0) is 26.0 Å². The van der Waals surface area contributed by atoms with Gasteiger partial charge in [0.2, 0.25) is 0 Å². The molecule has 0 atom stereocenters. The van der Waals surface area contributed by atoms with Crippen LogP contribution >= 0.6 is 11.8 Å². The number of aryl methyl sites for hydroxylation is 2. The number of rotatable bonds is 2. The zero-order valence-corrected chi connectivity index (χ0v) is 10.7. The van der Waals surface area contributed by atoms with Crippen molar-refractivity contribution in [2.45, 2.75) is 23.8 Å². The Balaban J connectivity index is 2.37. The highest BCUT2D eigenvalue weighted by molar-refractivity contribution is 7.99. The molecule has 0 aliphatic rings. The summed E-state index contributed by atoms with van der Waals surface area (Å²) in [5.74, 6) is -1.39. The van der Waals surface area contributed by atoms with Gasteiger partial charge in [0.15, 0.2) is 0 Å². The summed E-state index contributed by atoms with van der Waals surface area (Å²) < 4.78 is 27.2. The molecule has 0 spiro atoms. The van der Waals surface area contributed by atoms with Crippen molar-refractivity contribution in [1.82, 2.24) is 9.97 Å². The van der Waals surface area contributed by atoms with E-state index in [0.717, 1.165) is 35.3 Å². The average molecular weight is 267 g/mol. The molecule has 94 valence electrons. The van der Waals surface area contributed by atoms with E-state index >= 15 is 0 Å². The molecular weight excluding hydrogens is 256 g/mol. The minimum atomic E-state index is -0.697. The lowest BCUT2D eigenvalue weighted by Gasteiger charge is -2.06. The van der Waals surface area contributed by atoms with Crippen molar-refractivity contribution in [3.63, 3.8) is 0 Å². The summed E-state index contributed by atoms with van der Waals surface area (Å²) in [5.41, 5.74) is 6.93. The van der Waals surface area contributed by atoms with Gasteiger partial charge in [-0.25, -0.2) is 13.8 Å². The van der Waals surface area contributed by atoms with Gasteiger partial charge in [-0.2, -0.15) is 0 Å². The summed E-state index contributed by atoms with van der Waals surface area (Å²) in [6, 6.07) is 2.17. The zero-order chi connectivity index (χ0) is 13.3. The van der Waals surface area contributed by atoms with Gasteiger partial charge in [0.05, 0.1) is 22.5 Å². The molecule has 0 unspecified atom stereocenters. The summed E-state index contributed by atoms with van der Waals surface area (Å²) in [5, 5.41) is 0.445. The molecule has 1 aromatic heterocycles. The van der Waals surface area contributed by atoms with Crippen molar-refractivity contribution < 1.29 is 8.78 Å². The lowest BCUT2D eigenvalue weighted by molar-refractivity contribution is 0.541. The molecule has 0 radical (unpaired) electrons. The third-order valence-corrected chi connectivity index (χ3v) is 3.40. The number of halogens is 2. The SMILES string of the molecule is Cc1ncc(Sc2c(F)cc(N)cc2F)nc1C. The van der Waals surface area contributed by atoms with Crippen LogP contribution in [0.2, 0.25) is 0 Å². The summed E-state index contributed by atoms with van der Waals surface area (Å²) in [7, 11) is 0. The number of nitrogens with zero attached hydrogens (tertiary/aromatic N) is 2. The minimum absolute atomic E-state index is 0.0560. The van der Waals surface area contributed by atoms with Crippen molar-refractivity contribution in [3.05, 3.63) is 41.4 Å². The maximum Gasteiger partial charge on any atom is 0.142 e. The van der Waals surface area contributed by atoms with Gasteiger partial charge in [0.25, 0.3) is 0 Å². The van der Waals surface area contributed by atoms with E-state index in [1.54, 1.807) is 6.92 Å². The molecule has 0 saturated heterocycles. The molecule has 3 nitrogen and oxygen atoms in total. The fourth-order valence-corrected chi connectivity index (χ4v) is 2.16. The second-order valence-electron chi connectivity index (χ2n) is 3.79. The molecule has 1 aromatic carbocycles. The largest absolute Gasteiger partial charge is 0.399 e. The number of hydrogen-bond donors (Lipinski definition) is 1. The number of hydrogen-bond acceptors (Lipinski definition) is 4. The maximum atomic E-state index is 13.6. The lowest BCUT2D eigenvalue weighted by atomic mass is 10.3. The van der Waals surface area contributed by atoms with Gasteiger partial charge in [0, 0.05) is 5.69 Å². The predicted molar refractivity (Wildman–Crippen MR) is 66.4 cm³/mol. The molecule has 0 aliphatic heterocycles. The number of aromatic nitrogens is 2. The first-order chi connectivity index (χ1) is 8.47. The Labute approximate surface area is 107 Å². The van der Waals surface area contributed by atoms with Gasteiger partial charge in [-0.1, -0.05) is 11.8 Å². The summed E-state index contributed by atoms with van der Waals surface area (Å²) >= 11 is 0.893. The molecule has 18 heavy (non-hydrogen) atoms. The van der Waals surface area contributed by atoms with Crippen molar-refractivity contribution in [3.8, 4) is 0 Å². The molecule has 0 aliphatic carbocycles. The van der Waals surface area contributed by atoms with Gasteiger partial charge < -0.3 is 5.73 Å². The third kappa shape index (κ3) is 2.59. The van der Waals surface area contributed by atoms with Gasteiger partial charge >= 0.3 is 0 Å². The van der Waals surface area contributed by atoms with Crippen molar-refractivity contribution >= 4 is 17.4 Å². The molecule has 0 saturated carbocycles. The fourth-order valence-electron chi connectivity index (χ4n) is 1.35. The smallest absolute Gasteiger partial charge is 0.142 e. The van der Waals surface area contributed by atoms with E-state index < -0.39 is 11.6 Å². The van der Waals surface area contributed by atoms with Gasteiger partial charge in [0.1, 0.15) is 16.7 Å². The van der Waals surface area contributed by atoms with E-state index in [4.69, 9.17) is 5.73 Å². The van der Waals surface area contributed by atoms with E-state index in [1.807, 2.05) is 6.92 Å². The molecule has 1 heterocycles. The van der Waals surface area contributed by atoms with E-state index in [-0.39, 0.29) is 10.6 Å². The number of anilines is 1. The van der Waals surface area contributed by atoms with Crippen molar-refractivity contribution in [2.75, 3.05) is 5.73 Å². The Morgan fingerprint density at radius 1 is 1.11 bits per heavy atom. The first-order valence-electron chi connectivity index (χ1n) is 5.20. The Morgan fingerprint density at radius 2 is 1.72 bits per heavy atom. The van der Waals surface area contributed by atoms with Crippen LogP contribution in [0.4, 0.5) is 14.5 Å². The number of benzene rings is 1. The molecule has 6 heteroatoms. The van der Waals surface area contributed by atoms with Crippen LogP contribution in [0.1, 0.15) is 11.4 Å². The van der Waals surface area contributed by atoms with E-state index in [2.05, 4.69) is 9.97 Å². The highest BCUT2D eigenvalue weighted by atomic mass is 32.2. The molecule has 0 amide bonds. The van der Waals surface area contributed by atoms with E-state index in [1.165, 1.54) is 6.20 Å². The first kappa shape index (κ1) is 12.8. The molecule has 2 aromatic rings. The first-order valence-corrected chi connectivity index (χ1v) is 6.01. The fraction of sp³-hybridized carbons (Fsp3) is 0.167. The predicted octanol–water partition coefficient (Wildman–Crippen LogP) is 3.11. The van der Waals surface area contributed by atoms with Crippen LogP contribution < -0.4 is 5.73 Å². The Morgan fingerprint density at radius 3 is 2.28 bits per heavy atom. The van der Waals surface area contributed by atoms with Crippen LogP contribution in [0.5, 0.6) is 0 Å². The lowest BCUT2D eigenvalue weighted by Crippen LogP contribution is -1.96. The summed E-state index contributed by atoms with van der Waals surface area (Å²) in [6.07, 6.45) is 1.49. The standard InChI is InChI=1S/C12H11F2N3S/c1-6-7(2)17-11(5-16-6)18-12-9(13)3-8(15)4-10(12)14/h3-5H,15H2,1-2H3. The number of nitrogen functional groups attached to an aromatic ring is 1. The van der Waals surface area contributed by atoms with Crippen LogP contribution in [-0.4, -0.2) is 9.97 Å². The molecule has 0 bridgehead atoms. The van der Waals surface area contributed by atoms with E-state index in [9.17, 15) is 8.78 Å². The van der Waals surface area contributed by atoms with Crippen molar-refractivity contribution in [1.29, 1.82) is 0 Å². The van der Waals surface area contributed by atoms with Crippen LogP contribution in [0.3, 0.4) is 0 Å². The monoisotopic (exact) mass is 267 g/mol. The highest BCUT2D eigenvalue weighted by Gasteiger charge is 2.13. The number of nitrogens with two attached hydrogens (primary N) is 1. The van der Waals surface area contributed by atoms with Gasteiger partial charge in [-0.3, -0.25) is 4.98 Å². The second kappa shape index (κ2) is 4.89. The van der Waals surface area contributed by atoms with Gasteiger partial charge in [-0.15, -0.1) is 0 Å². The normalized spacial score (nSPS) is 10.7. The topological polar surface area (TPSA) is 51.8 Å². The van der Waals surface area contributed by atoms with Crippen LogP contribution in [0.15, 0.2) is 28.3 Å². The quantitative estimate of drug-likeness (QED) is 0.849. The van der Waals surface area contributed by atoms with Crippen LogP contribution in [-0.2, 0) is 0 Å². The zero-order valence-electron chi connectivity index (χ0n) is 9.87. The van der Waals surface area contributed by atoms with E-state index in [0.29, 0.717) is 5.03 Å². The minimum Gasteiger partial charge on any atom is -0.399 e. The Bertz CT molecular complexity index is 579. The molecular formula is C12H11F2N3S. The summed E-state index contributed by atoms with van der Waals surface area (Å²) in [4.78, 5) is 8.18. The Hall–Kier alpha value is -1.69. The maximum absolute atomic E-state index is 13.6. The Kier molecular flexibility index (Phi) is 3.47. The highest BCUT2D eigenvalue weighted by Crippen LogP contribution is 2.32. The molecule has 2 rings (SSSR count). The molecule has 0 fully saturated rings.